The summed E-state index contributed by atoms with van der Waals surface area (Å²) in [4.78, 5) is 17.3. The molecule has 0 bridgehead atoms. The zero-order valence-corrected chi connectivity index (χ0v) is 12.5. The summed E-state index contributed by atoms with van der Waals surface area (Å²) in [6.45, 7) is 0. The van der Waals surface area contributed by atoms with Gasteiger partial charge in [-0.2, -0.15) is 0 Å². The second-order valence-electron chi connectivity index (χ2n) is 5.03. The average Bonchev–Trinajstić information content (AvgIpc) is 3.06. The van der Waals surface area contributed by atoms with Gasteiger partial charge < -0.3 is 14.9 Å². The van der Waals surface area contributed by atoms with Crippen molar-refractivity contribution in [3.8, 4) is 5.75 Å². The summed E-state index contributed by atoms with van der Waals surface area (Å²) in [7, 11) is 1.57. The van der Waals surface area contributed by atoms with E-state index in [1.165, 1.54) is 6.07 Å². The molecule has 0 radical (unpaired) electrons. The molecule has 1 unspecified atom stereocenters. The van der Waals surface area contributed by atoms with Crippen LogP contribution in [-0.4, -0.2) is 24.8 Å². The number of oxime groups is 1. The number of carbonyl (C=O) groups is 1. The van der Waals surface area contributed by atoms with E-state index in [-0.39, 0.29) is 18.1 Å². The van der Waals surface area contributed by atoms with Crippen LogP contribution in [0.5, 0.6) is 5.75 Å². The molecule has 2 aromatic rings. The first-order valence-corrected chi connectivity index (χ1v) is 7.10. The molecule has 6 heteroatoms. The van der Waals surface area contributed by atoms with Crippen LogP contribution in [-0.2, 0) is 9.63 Å². The topological polar surface area (TPSA) is 59.9 Å². The van der Waals surface area contributed by atoms with E-state index in [0.717, 1.165) is 0 Å². The van der Waals surface area contributed by atoms with Crippen LogP contribution >= 0.6 is 0 Å². The number of amides is 1. The predicted molar refractivity (Wildman–Crippen MR) is 84.1 cm³/mol. The lowest BCUT2D eigenvalue weighted by Crippen LogP contribution is -2.28. The van der Waals surface area contributed by atoms with Gasteiger partial charge in [-0.25, -0.2) is 4.39 Å². The van der Waals surface area contributed by atoms with Crippen LogP contribution in [0, 0.1) is 5.82 Å². The number of methoxy groups -OCH3 is 1. The predicted octanol–water partition coefficient (Wildman–Crippen LogP) is 2.97. The Morgan fingerprint density at radius 1 is 1.26 bits per heavy atom. The molecule has 0 saturated carbocycles. The lowest BCUT2D eigenvalue weighted by Gasteiger charge is -2.10. The number of hydrogen-bond acceptors (Lipinski definition) is 4. The molecule has 1 N–H and O–H groups in total. The van der Waals surface area contributed by atoms with Crippen LogP contribution in [0.25, 0.3) is 0 Å². The Bertz CT molecular complexity index is 744. The van der Waals surface area contributed by atoms with E-state index in [1.807, 2.05) is 0 Å². The number of hydrogen-bond donors (Lipinski definition) is 1. The smallest absolute Gasteiger partial charge is 0.268 e. The largest absolute Gasteiger partial charge is 0.497 e. The van der Waals surface area contributed by atoms with E-state index in [2.05, 4.69) is 10.5 Å². The number of halogens is 1. The van der Waals surface area contributed by atoms with Crippen molar-refractivity contribution in [2.24, 2.45) is 5.16 Å². The fourth-order valence-electron chi connectivity index (χ4n) is 2.27. The maximum absolute atomic E-state index is 13.7. The van der Waals surface area contributed by atoms with E-state index in [0.29, 0.717) is 22.7 Å². The van der Waals surface area contributed by atoms with E-state index in [9.17, 15) is 9.18 Å². The summed E-state index contributed by atoms with van der Waals surface area (Å²) < 4.78 is 18.8. The number of carbonyl (C=O) groups excluding carboxylic acids is 1. The van der Waals surface area contributed by atoms with Gasteiger partial charge in [0.05, 0.1) is 12.8 Å². The highest BCUT2D eigenvalue weighted by atomic mass is 19.1. The zero-order chi connectivity index (χ0) is 16.2. The zero-order valence-electron chi connectivity index (χ0n) is 12.5. The van der Waals surface area contributed by atoms with Crippen LogP contribution in [0.15, 0.2) is 53.7 Å². The molecular weight excluding hydrogens is 299 g/mol. The van der Waals surface area contributed by atoms with Crippen LogP contribution in [0.4, 0.5) is 10.1 Å². The van der Waals surface area contributed by atoms with Crippen molar-refractivity contribution in [2.45, 2.75) is 12.5 Å². The fourth-order valence-corrected chi connectivity index (χ4v) is 2.27. The second-order valence-corrected chi connectivity index (χ2v) is 5.03. The number of nitrogens with one attached hydrogen (secondary N) is 1. The normalized spacial score (nSPS) is 16.4. The van der Waals surface area contributed by atoms with Crippen LogP contribution in [0.2, 0.25) is 0 Å². The second kappa shape index (κ2) is 6.48. The first-order chi connectivity index (χ1) is 11.2. The Labute approximate surface area is 132 Å². The summed E-state index contributed by atoms with van der Waals surface area (Å²) in [6.07, 6.45) is -0.546. The van der Waals surface area contributed by atoms with Gasteiger partial charge in [-0.1, -0.05) is 23.4 Å². The molecule has 118 valence electrons. The summed E-state index contributed by atoms with van der Waals surface area (Å²) in [5.41, 5.74) is 1.41. The first-order valence-electron chi connectivity index (χ1n) is 7.10. The van der Waals surface area contributed by atoms with Gasteiger partial charge >= 0.3 is 0 Å². The highest BCUT2D eigenvalue weighted by Crippen LogP contribution is 2.21. The Morgan fingerprint density at radius 2 is 2.00 bits per heavy atom. The number of nitrogens with zero attached hydrogens (tertiary/aromatic N) is 1. The van der Waals surface area contributed by atoms with E-state index >= 15 is 0 Å². The van der Waals surface area contributed by atoms with Gasteiger partial charge in [-0.3, -0.25) is 4.79 Å². The van der Waals surface area contributed by atoms with Crippen molar-refractivity contribution in [1.29, 1.82) is 0 Å². The molecule has 0 saturated heterocycles. The molecule has 0 spiro atoms. The standard InChI is InChI=1S/C17H15FN2O3/c1-22-12-8-6-11(7-9-12)19-17(21)16-10-15(20-23-16)13-4-2-3-5-14(13)18/h2-9,16H,10H2,1H3,(H,19,21). The molecule has 1 aliphatic heterocycles. The number of ether oxygens (including phenoxy) is 1. The lowest BCUT2D eigenvalue weighted by molar-refractivity contribution is -0.125. The molecule has 5 nitrogen and oxygen atoms in total. The average molecular weight is 314 g/mol. The minimum absolute atomic E-state index is 0.225. The van der Waals surface area contributed by atoms with Gasteiger partial charge in [0.25, 0.3) is 5.91 Å². The highest BCUT2D eigenvalue weighted by molar-refractivity contribution is 6.06. The van der Waals surface area contributed by atoms with Gasteiger partial charge in [0.15, 0.2) is 0 Å². The van der Waals surface area contributed by atoms with Gasteiger partial charge in [-0.05, 0) is 30.3 Å². The lowest BCUT2D eigenvalue weighted by atomic mass is 10.0. The molecule has 0 fully saturated rings. The summed E-state index contributed by atoms with van der Waals surface area (Å²) in [5, 5.41) is 6.57. The Kier molecular flexibility index (Phi) is 4.23. The molecule has 1 atom stereocenters. The van der Waals surface area contributed by atoms with Crippen molar-refractivity contribution in [3.63, 3.8) is 0 Å². The minimum Gasteiger partial charge on any atom is -0.497 e. The van der Waals surface area contributed by atoms with Crippen molar-refractivity contribution in [3.05, 3.63) is 59.9 Å². The summed E-state index contributed by atoms with van der Waals surface area (Å²) >= 11 is 0. The fraction of sp³-hybridized carbons (Fsp3) is 0.176. The van der Waals surface area contributed by atoms with Crippen molar-refractivity contribution in [1.82, 2.24) is 0 Å². The van der Waals surface area contributed by atoms with Crippen LogP contribution < -0.4 is 10.1 Å². The molecule has 1 aliphatic rings. The maximum Gasteiger partial charge on any atom is 0.268 e. The summed E-state index contributed by atoms with van der Waals surface area (Å²) in [6, 6.07) is 13.2. The number of anilines is 1. The molecule has 3 rings (SSSR count). The van der Waals surface area contributed by atoms with Crippen molar-refractivity contribution >= 4 is 17.3 Å². The van der Waals surface area contributed by atoms with Gasteiger partial charge in [0.1, 0.15) is 11.6 Å². The summed E-state index contributed by atoms with van der Waals surface area (Å²) in [5.74, 6) is -0.0124. The van der Waals surface area contributed by atoms with Crippen LogP contribution in [0.3, 0.4) is 0 Å². The Hall–Kier alpha value is -2.89. The van der Waals surface area contributed by atoms with Crippen molar-refractivity contribution in [2.75, 3.05) is 12.4 Å². The van der Waals surface area contributed by atoms with E-state index in [1.54, 1.807) is 49.6 Å². The third-order valence-electron chi connectivity index (χ3n) is 3.50. The molecule has 0 aromatic heterocycles. The number of benzene rings is 2. The quantitative estimate of drug-likeness (QED) is 0.944. The molecule has 2 aromatic carbocycles. The molecule has 23 heavy (non-hydrogen) atoms. The molecule has 1 amide bonds. The minimum atomic E-state index is -0.772. The van der Waals surface area contributed by atoms with E-state index in [4.69, 9.17) is 9.57 Å². The highest BCUT2D eigenvalue weighted by Gasteiger charge is 2.30. The third kappa shape index (κ3) is 3.31. The van der Waals surface area contributed by atoms with E-state index < -0.39 is 6.10 Å². The molecule has 0 aliphatic carbocycles. The third-order valence-corrected chi connectivity index (χ3v) is 3.50. The maximum atomic E-state index is 13.7. The Morgan fingerprint density at radius 3 is 2.70 bits per heavy atom. The van der Waals surface area contributed by atoms with Gasteiger partial charge in [-0.15, -0.1) is 0 Å². The Balaban J connectivity index is 1.63. The van der Waals surface area contributed by atoms with Crippen molar-refractivity contribution < 1.29 is 18.8 Å². The number of rotatable bonds is 4. The first kappa shape index (κ1) is 15.0. The molecule has 1 heterocycles. The van der Waals surface area contributed by atoms with Gasteiger partial charge in [0.2, 0.25) is 6.10 Å². The van der Waals surface area contributed by atoms with Gasteiger partial charge in [0, 0.05) is 17.7 Å². The SMILES string of the molecule is COc1ccc(NC(=O)C2CC(c3ccccc3F)=NO2)cc1. The van der Waals surface area contributed by atoms with Crippen LogP contribution in [0.1, 0.15) is 12.0 Å². The monoisotopic (exact) mass is 314 g/mol. The molecular formula is C17H15FN2O3.